The number of benzene rings is 3. The van der Waals surface area contributed by atoms with Crippen LogP contribution in [0.4, 0.5) is 10.5 Å². The maximum atomic E-state index is 12.8. The summed E-state index contributed by atoms with van der Waals surface area (Å²) in [5.41, 5.74) is 1.17. The van der Waals surface area contributed by atoms with Crippen LogP contribution in [0.15, 0.2) is 64.0 Å². The van der Waals surface area contributed by atoms with Crippen LogP contribution in [0.3, 0.4) is 0 Å². The van der Waals surface area contributed by atoms with Gasteiger partial charge in [0.25, 0.3) is 11.1 Å². The number of hydrogen-bond donors (Lipinski definition) is 2. The lowest BCUT2D eigenvalue weighted by Gasteiger charge is -2.13. The van der Waals surface area contributed by atoms with Crippen LogP contribution in [0.1, 0.15) is 12.5 Å². The molecule has 4 rings (SSSR count). The Bertz CT molecular complexity index is 1300. The van der Waals surface area contributed by atoms with E-state index in [2.05, 4.69) is 21.2 Å². The number of anilines is 1. The highest BCUT2D eigenvalue weighted by molar-refractivity contribution is 9.10. The Hall–Kier alpha value is -3.30. The molecule has 0 unspecified atom stereocenters. The molecule has 3 aromatic rings. The normalized spacial score (nSPS) is 14.8. The highest BCUT2D eigenvalue weighted by atomic mass is 79.9. The van der Waals surface area contributed by atoms with Gasteiger partial charge in [0.2, 0.25) is 5.91 Å². The third-order valence-corrected chi connectivity index (χ3v) is 6.50. The highest BCUT2D eigenvalue weighted by Gasteiger charge is 2.36. The molecule has 3 aromatic carbocycles. The van der Waals surface area contributed by atoms with E-state index in [0.717, 1.165) is 27.4 Å². The number of ether oxygens (including phenoxy) is 1. The number of amides is 3. The number of thioether (sulfide) groups is 1. The van der Waals surface area contributed by atoms with Crippen LogP contribution in [-0.4, -0.2) is 40.2 Å². The van der Waals surface area contributed by atoms with Crippen molar-refractivity contribution in [2.45, 2.75) is 6.92 Å². The zero-order valence-electron chi connectivity index (χ0n) is 17.5. The van der Waals surface area contributed by atoms with E-state index in [0.29, 0.717) is 22.3 Å². The van der Waals surface area contributed by atoms with Gasteiger partial charge >= 0.3 is 0 Å². The fraction of sp³-hybridized carbons (Fsp3) is 0.125. The number of aromatic hydroxyl groups is 1. The van der Waals surface area contributed by atoms with Crippen LogP contribution in [0.2, 0.25) is 0 Å². The summed E-state index contributed by atoms with van der Waals surface area (Å²) in [6, 6.07) is 16.2. The molecule has 1 aliphatic rings. The summed E-state index contributed by atoms with van der Waals surface area (Å²) >= 11 is 4.10. The average Bonchev–Trinajstić information content (AvgIpc) is 3.04. The second-order valence-electron chi connectivity index (χ2n) is 7.12. The van der Waals surface area contributed by atoms with Crippen molar-refractivity contribution in [2.75, 3.05) is 18.5 Å². The highest BCUT2D eigenvalue weighted by Crippen LogP contribution is 2.37. The van der Waals surface area contributed by atoms with Crippen molar-refractivity contribution in [3.05, 3.63) is 69.5 Å². The van der Waals surface area contributed by atoms with Gasteiger partial charge in [0.1, 0.15) is 6.54 Å². The molecule has 7 nitrogen and oxygen atoms in total. The number of hydrogen-bond acceptors (Lipinski definition) is 6. The topological polar surface area (TPSA) is 95.9 Å². The van der Waals surface area contributed by atoms with Gasteiger partial charge in [-0.15, -0.1) is 0 Å². The quantitative estimate of drug-likeness (QED) is 0.418. The molecule has 1 aliphatic heterocycles. The summed E-state index contributed by atoms with van der Waals surface area (Å²) in [6.07, 6.45) is 1.53. The minimum atomic E-state index is -0.559. The van der Waals surface area contributed by atoms with Gasteiger partial charge in [-0.3, -0.25) is 19.3 Å². The Morgan fingerprint density at radius 2 is 1.94 bits per heavy atom. The Morgan fingerprint density at radius 1 is 1.18 bits per heavy atom. The fourth-order valence-electron chi connectivity index (χ4n) is 3.39. The first-order valence-electron chi connectivity index (χ1n) is 10.1. The maximum Gasteiger partial charge on any atom is 0.294 e. The lowest BCUT2D eigenvalue weighted by molar-refractivity contribution is -0.127. The van der Waals surface area contributed by atoms with Crippen LogP contribution < -0.4 is 10.1 Å². The monoisotopic (exact) mass is 526 g/mol. The minimum Gasteiger partial charge on any atom is -0.504 e. The molecule has 9 heteroatoms. The zero-order valence-corrected chi connectivity index (χ0v) is 19.9. The van der Waals surface area contributed by atoms with Gasteiger partial charge in [-0.2, -0.15) is 0 Å². The Labute approximate surface area is 202 Å². The first kappa shape index (κ1) is 22.9. The molecular weight excluding hydrogens is 508 g/mol. The summed E-state index contributed by atoms with van der Waals surface area (Å²) in [5, 5.41) is 14.1. The molecule has 3 amide bonds. The van der Waals surface area contributed by atoms with Crippen LogP contribution in [-0.2, 0) is 9.59 Å². The molecule has 0 spiro atoms. The predicted molar refractivity (Wildman–Crippen MR) is 132 cm³/mol. The molecule has 0 aliphatic carbocycles. The van der Waals surface area contributed by atoms with Crippen molar-refractivity contribution in [3.63, 3.8) is 0 Å². The number of phenolic OH excluding ortho intramolecular Hbond substituents is 1. The van der Waals surface area contributed by atoms with E-state index < -0.39 is 23.6 Å². The van der Waals surface area contributed by atoms with E-state index in [1.807, 2.05) is 36.4 Å². The van der Waals surface area contributed by atoms with Gasteiger partial charge < -0.3 is 15.2 Å². The Morgan fingerprint density at radius 3 is 2.73 bits per heavy atom. The fourth-order valence-corrected chi connectivity index (χ4v) is 4.66. The molecule has 1 heterocycles. The van der Waals surface area contributed by atoms with Crippen LogP contribution in [0, 0.1) is 0 Å². The smallest absolute Gasteiger partial charge is 0.294 e. The summed E-state index contributed by atoms with van der Waals surface area (Å²) in [5.74, 6) is -0.810. The van der Waals surface area contributed by atoms with Crippen molar-refractivity contribution in [2.24, 2.45) is 0 Å². The predicted octanol–water partition coefficient (Wildman–Crippen LogP) is 5.38. The van der Waals surface area contributed by atoms with Crippen molar-refractivity contribution < 1.29 is 24.2 Å². The van der Waals surface area contributed by atoms with Gasteiger partial charge in [0, 0.05) is 15.5 Å². The Kier molecular flexibility index (Phi) is 6.71. The third-order valence-electron chi connectivity index (χ3n) is 4.90. The second kappa shape index (κ2) is 9.68. The molecule has 168 valence electrons. The first-order valence-corrected chi connectivity index (χ1v) is 11.7. The molecule has 0 bridgehead atoms. The van der Waals surface area contributed by atoms with Crippen molar-refractivity contribution in [1.82, 2.24) is 4.90 Å². The van der Waals surface area contributed by atoms with Crippen LogP contribution in [0.25, 0.3) is 16.8 Å². The van der Waals surface area contributed by atoms with E-state index in [1.54, 1.807) is 19.1 Å². The van der Waals surface area contributed by atoms with E-state index in [1.165, 1.54) is 12.1 Å². The van der Waals surface area contributed by atoms with Gasteiger partial charge in [-0.1, -0.05) is 52.3 Å². The number of fused-ring (bicyclic) bond motifs is 1. The molecule has 1 saturated heterocycles. The molecule has 33 heavy (non-hydrogen) atoms. The number of phenols is 1. The van der Waals surface area contributed by atoms with Gasteiger partial charge in [0.15, 0.2) is 11.5 Å². The standard InChI is InChI=1S/C24H19BrN2O5S/c1-2-32-20-10-15(17(25)12-19(20)28)11-21-23(30)27(24(31)33-21)13-22(29)26-18-9-5-7-14-6-3-4-8-16(14)18/h3-12,28H,2,13H2,1H3,(H,26,29)/b21-11-. The van der Waals surface area contributed by atoms with Gasteiger partial charge in [-0.05, 0) is 53.9 Å². The molecule has 0 aromatic heterocycles. The number of halogens is 1. The molecule has 1 fully saturated rings. The third kappa shape index (κ3) is 4.89. The van der Waals surface area contributed by atoms with E-state index in [-0.39, 0.29) is 16.4 Å². The molecule has 0 saturated carbocycles. The van der Waals surface area contributed by atoms with Crippen LogP contribution >= 0.6 is 27.7 Å². The number of carbonyl (C=O) groups is 3. The summed E-state index contributed by atoms with van der Waals surface area (Å²) in [7, 11) is 0. The van der Waals surface area contributed by atoms with Gasteiger partial charge in [-0.25, -0.2) is 0 Å². The summed E-state index contributed by atoms with van der Waals surface area (Å²) < 4.78 is 5.91. The van der Waals surface area contributed by atoms with Crippen molar-refractivity contribution >= 4 is 67.3 Å². The second-order valence-corrected chi connectivity index (χ2v) is 8.96. The molecular formula is C24H19BrN2O5S. The van der Waals surface area contributed by atoms with Gasteiger partial charge in [0.05, 0.1) is 11.5 Å². The number of nitrogens with one attached hydrogen (secondary N) is 1. The zero-order chi connectivity index (χ0) is 23.5. The lowest BCUT2D eigenvalue weighted by atomic mass is 10.1. The lowest BCUT2D eigenvalue weighted by Crippen LogP contribution is -2.36. The number of nitrogens with zero attached hydrogens (tertiary/aromatic N) is 1. The number of carbonyl (C=O) groups excluding carboxylic acids is 3. The van der Waals surface area contributed by atoms with E-state index in [9.17, 15) is 19.5 Å². The Balaban J connectivity index is 1.52. The number of imide groups is 1. The van der Waals surface area contributed by atoms with Crippen molar-refractivity contribution in [1.29, 1.82) is 0 Å². The first-order chi connectivity index (χ1) is 15.9. The average molecular weight is 527 g/mol. The summed E-state index contributed by atoms with van der Waals surface area (Å²) in [4.78, 5) is 39.0. The van der Waals surface area contributed by atoms with Crippen molar-refractivity contribution in [3.8, 4) is 11.5 Å². The SMILES string of the molecule is CCOc1cc(/C=C2\SC(=O)N(CC(=O)Nc3cccc4ccccc34)C2=O)c(Br)cc1O. The van der Waals surface area contributed by atoms with E-state index >= 15 is 0 Å². The molecule has 0 atom stereocenters. The minimum absolute atomic E-state index is 0.0425. The molecule has 0 radical (unpaired) electrons. The maximum absolute atomic E-state index is 12.8. The molecule has 2 N–H and O–H groups in total. The van der Waals surface area contributed by atoms with Crippen LogP contribution in [0.5, 0.6) is 11.5 Å². The largest absolute Gasteiger partial charge is 0.504 e. The van der Waals surface area contributed by atoms with E-state index in [4.69, 9.17) is 4.74 Å². The summed E-state index contributed by atoms with van der Waals surface area (Å²) in [6.45, 7) is 1.75. The number of rotatable bonds is 6.